The van der Waals surface area contributed by atoms with E-state index in [1.54, 1.807) is 0 Å². The van der Waals surface area contributed by atoms with Crippen LogP contribution in [0.3, 0.4) is 0 Å². The third kappa shape index (κ3) is 1.90. The van der Waals surface area contributed by atoms with E-state index < -0.39 is 17.5 Å². The molecule has 2 aromatic rings. The first-order valence-corrected chi connectivity index (χ1v) is 5.05. The standard InChI is InChI=1S/C10H5Cl2F2NO/c11-5-1-4-7(2-6(5)12)15-8(10(13)14)3-9(4)16/h1-3,10H,(H,15,16). The fourth-order valence-corrected chi connectivity index (χ4v) is 1.71. The Bertz CT molecular complexity index is 610. The number of H-pyrrole nitrogens is 1. The molecule has 2 rings (SSSR count). The predicted octanol–water partition coefficient (Wildman–Crippen LogP) is 3.77. The number of nitrogens with one attached hydrogen (secondary N) is 1. The van der Waals surface area contributed by atoms with Crippen LogP contribution in [0.25, 0.3) is 10.9 Å². The van der Waals surface area contributed by atoms with E-state index in [9.17, 15) is 13.6 Å². The summed E-state index contributed by atoms with van der Waals surface area (Å²) in [5.41, 5.74) is -0.698. The molecule has 0 atom stereocenters. The Hall–Kier alpha value is -1.13. The van der Waals surface area contributed by atoms with Crippen molar-refractivity contribution >= 4 is 34.1 Å². The zero-order valence-electron chi connectivity index (χ0n) is 7.73. The highest BCUT2D eigenvalue weighted by molar-refractivity contribution is 6.42. The maximum absolute atomic E-state index is 12.4. The highest BCUT2D eigenvalue weighted by Crippen LogP contribution is 2.26. The van der Waals surface area contributed by atoms with E-state index in [2.05, 4.69) is 4.98 Å². The number of fused-ring (bicyclic) bond motifs is 1. The molecule has 0 unspecified atom stereocenters. The zero-order chi connectivity index (χ0) is 11.9. The summed E-state index contributed by atoms with van der Waals surface area (Å²) in [6, 6.07) is 3.57. The van der Waals surface area contributed by atoms with E-state index in [4.69, 9.17) is 23.2 Å². The summed E-state index contributed by atoms with van der Waals surface area (Å²) in [5, 5.41) is 0.652. The van der Waals surface area contributed by atoms with Gasteiger partial charge in [-0.1, -0.05) is 23.2 Å². The van der Waals surface area contributed by atoms with Crippen LogP contribution in [0.2, 0.25) is 10.0 Å². The molecule has 0 radical (unpaired) electrons. The molecule has 16 heavy (non-hydrogen) atoms. The quantitative estimate of drug-likeness (QED) is 0.835. The number of hydrogen-bond acceptors (Lipinski definition) is 1. The van der Waals surface area contributed by atoms with Crippen molar-refractivity contribution in [3.8, 4) is 0 Å². The molecule has 0 aliphatic rings. The van der Waals surface area contributed by atoms with Crippen molar-refractivity contribution in [2.45, 2.75) is 6.43 Å². The Morgan fingerprint density at radius 3 is 2.38 bits per heavy atom. The van der Waals surface area contributed by atoms with Crippen LogP contribution < -0.4 is 5.43 Å². The number of hydrogen-bond donors (Lipinski definition) is 1. The summed E-state index contributed by atoms with van der Waals surface area (Å²) < 4.78 is 24.9. The lowest BCUT2D eigenvalue weighted by atomic mass is 10.2. The first-order chi connectivity index (χ1) is 7.49. The molecule has 0 saturated heterocycles. The highest BCUT2D eigenvalue weighted by Gasteiger charge is 2.11. The van der Waals surface area contributed by atoms with Crippen molar-refractivity contribution in [1.29, 1.82) is 0 Å². The van der Waals surface area contributed by atoms with Crippen LogP contribution in [0, 0.1) is 0 Å². The molecule has 1 N–H and O–H groups in total. The minimum Gasteiger partial charge on any atom is -0.353 e. The van der Waals surface area contributed by atoms with Gasteiger partial charge >= 0.3 is 0 Å². The molecule has 6 heteroatoms. The Labute approximate surface area is 98.8 Å². The average molecular weight is 264 g/mol. The topological polar surface area (TPSA) is 32.9 Å². The number of pyridine rings is 1. The van der Waals surface area contributed by atoms with Crippen molar-refractivity contribution in [2.75, 3.05) is 0 Å². The summed E-state index contributed by atoms with van der Waals surface area (Å²) in [6.07, 6.45) is -2.73. The van der Waals surface area contributed by atoms with Gasteiger partial charge in [0.1, 0.15) is 0 Å². The summed E-state index contributed by atoms with van der Waals surface area (Å²) in [7, 11) is 0. The van der Waals surface area contributed by atoms with Gasteiger partial charge in [0.2, 0.25) is 0 Å². The van der Waals surface area contributed by atoms with Crippen LogP contribution >= 0.6 is 23.2 Å². The number of aromatic amines is 1. The zero-order valence-corrected chi connectivity index (χ0v) is 9.24. The smallest absolute Gasteiger partial charge is 0.278 e. The van der Waals surface area contributed by atoms with Crippen LogP contribution in [-0.4, -0.2) is 4.98 Å². The Morgan fingerprint density at radius 2 is 1.75 bits per heavy atom. The maximum Gasteiger partial charge on any atom is 0.278 e. The van der Waals surface area contributed by atoms with E-state index in [0.29, 0.717) is 0 Å². The van der Waals surface area contributed by atoms with Gasteiger partial charge in [-0.15, -0.1) is 0 Å². The second-order valence-corrected chi connectivity index (χ2v) is 4.02. The SMILES string of the molecule is O=c1cc(C(F)F)[nH]c2cc(Cl)c(Cl)cc12. The van der Waals surface area contributed by atoms with Gasteiger partial charge in [-0.25, -0.2) is 8.78 Å². The van der Waals surface area contributed by atoms with E-state index in [-0.39, 0.29) is 20.9 Å². The van der Waals surface area contributed by atoms with Gasteiger partial charge in [0.25, 0.3) is 6.43 Å². The molecule has 0 spiro atoms. The molecule has 2 nitrogen and oxygen atoms in total. The second-order valence-electron chi connectivity index (χ2n) is 3.20. The lowest BCUT2D eigenvalue weighted by Crippen LogP contribution is -2.05. The van der Waals surface area contributed by atoms with E-state index in [1.165, 1.54) is 12.1 Å². The molecule has 0 saturated carbocycles. The second kappa shape index (κ2) is 4.03. The van der Waals surface area contributed by atoms with E-state index in [1.807, 2.05) is 0 Å². The van der Waals surface area contributed by atoms with Gasteiger partial charge in [-0.3, -0.25) is 4.79 Å². The number of benzene rings is 1. The van der Waals surface area contributed by atoms with E-state index >= 15 is 0 Å². The van der Waals surface area contributed by atoms with Gasteiger partial charge in [0.15, 0.2) is 5.43 Å². The number of halogens is 4. The molecule has 0 fully saturated rings. The summed E-state index contributed by atoms with van der Waals surface area (Å²) in [6.45, 7) is 0. The largest absolute Gasteiger partial charge is 0.353 e. The van der Waals surface area contributed by atoms with E-state index in [0.717, 1.165) is 6.07 Å². The lowest BCUT2D eigenvalue weighted by Gasteiger charge is -2.04. The third-order valence-corrected chi connectivity index (χ3v) is 2.85. The lowest BCUT2D eigenvalue weighted by molar-refractivity contribution is 0.146. The molecule has 0 aliphatic heterocycles. The Kier molecular flexibility index (Phi) is 2.86. The molecule has 1 heterocycles. The normalized spacial score (nSPS) is 11.3. The fourth-order valence-electron chi connectivity index (χ4n) is 1.38. The molecule has 1 aromatic heterocycles. The highest BCUT2D eigenvalue weighted by atomic mass is 35.5. The molecule has 0 aliphatic carbocycles. The molecule has 1 aromatic carbocycles. The Balaban J connectivity index is 2.82. The van der Waals surface area contributed by atoms with Crippen molar-refractivity contribution in [3.05, 3.63) is 44.2 Å². The maximum atomic E-state index is 12.4. The molecular weight excluding hydrogens is 259 g/mol. The minimum atomic E-state index is -2.73. The summed E-state index contributed by atoms with van der Waals surface area (Å²) in [4.78, 5) is 14.0. The van der Waals surface area contributed by atoms with Crippen molar-refractivity contribution < 1.29 is 8.78 Å². The minimum absolute atomic E-state index is 0.205. The van der Waals surface area contributed by atoms with Crippen LogP contribution in [-0.2, 0) is 0 Å². The van der Waals surface area contributed by atoms with Gasteiger partial charge < -0.3 is 4.98 Å². The number of rotatable bonds is 1. The average Bonchev–Trinajstić information content (AvgIpc) is 2.20. The Morgan fingerprint density at radius 1 is 1.12 bits per heavy atom. The number of aromatic nitrogens is 1. The predicted molar refractivity (Wildman–Crippen MR) is 59.5 cm³/mol. The summed E-state index contributed by atoms with van der Waals surface area (Å²) in [5.74, 6) is 0. The first kappa shape index (κ1) is 11.4. The molecule has 0 bridgehead atoms. The van der Waals surface area contributed by atoms with Crippen molar-refractivity contribution in [2.24, 2.45) is 0 Å². The van der Waals surface area contributed by atoms with Crippen LogP contribution in [0.5, 0.6) is 0 Å². The van der Waals surface area contributed by atoms with Crippen molar-refractivity contribution in [1.82, 2.24) is 4.98 Å². The van der Waals surface area contributed by atoms with Gasteiger partial charge in [0.05, 0.1) is 21.3 Å². The third-order valence-electron chi connectivity index (χ3n) is 2.13. The van der Waals surface area contributed by atoms with Crippen LogP contribution in [0.15, 0.2) is 23.0 Å². The monoisotopic (exact) mass is 263 g/mol. The number of alkyl halides is 2. The van der Waals surface area contributed by atoms with Crippen LogP contribution in [0.1, 0.15) is 12.1 Å². The van der Waals surface area contributed by atoms with Crippen LogP contribution in [0.4, 0.5) is 8.78 Å². The summed E-state index contributed by atoms with van der Waals surface area (Å²) >= 11 is 11.5. The molecule has 84 valence electrons. The molecule has 0 amide bonds. The van der Waals surface area contributed by atoms with Gasteiger partial charge in [0, 0.05) is 11.5 Å². The fraction of sp³-hybridized carbons (Fsp3) is 0.100. The molecular formula is C10H5Cl2F2NO. The van der Waals surface area contributed by atoms with Crippen molar-refractivity contribution in [3.63, 3.8) is 0 Å². The van der Waals surface area contributed by atoms with Gasteiger partial charge in [-0.05, 0) is 12.1 Å². The first-order valence-electron chi connectivity index (χ1n) is 4.29. The van der Waals surface area contributed by atoms with Gasteiger partial charge in [-0.2, -0.15) is 0 Å².